The Labute approximate surface area is 114 Å². The maximum atomic E-state index is 9.43. The molecule has 1 aromatic heterocycles. The molecule has 0 aliphatic carbocycles. The number of aliphatic hydroxyl groups is 1. The van der Waals surface area contributed by atoms with Gasteiger partial charge < -0.3 is 10.0 Å². The van der Waals surface area contributed by atoms with Crippen LogP contribution in [0.15, 0.2) is 0 Å². The lowest BCUT2D eigenvalue weighted by Gasteiger charge is -2.29. The molecule has 1 unspecified atom stereocenters. The Bertz CT molecular complexity index is 423. The molecule has 0 aromatic carbocycles. The maximum absolute atomic E-state index is 9.43. The minimum Gasteiger partial charge on any atom is -0.394 e. The van der Waals surface area contributed by atoms with E-state index in [0.717, 1.165) is 50.5 Å². The van der Waals surface area contributed by atoms with Crippen molar-refractivity contribution in [3.05, 3.63) is 11.6 Å². The highest BCUT2D eigenvalue weighted by molar-refractivity contribution is 5.04. The zero-order valence-electron chi connectivity index (χ0n) is 11.8. The molecule has 1 N–H and O–H groups in total. The van der Waals surface area contributed by atoms with Gasteiger partial charge in [-0.05, 0) is 45.3 Å². The molecule has 1 atom stereocenters. The third kappa shape index (κ3) is 2.54. The van der Waals surface area contributed by atoms with Gasteiger partial charge in [0.2, 0.25) is 0 Å². The summed E-state index contributed by atoms with van der Waals surface area (Å²) in [4.78, 5) is 7.23. The number of aliphatic hydroxyl groups excluding tert-OH is 1. The summed E-state index contributed by atoms with van der Waals surface area (Å²) in [6.07, 6.45) is 5.50. The van der Waals surface area contributed by atoms with E-state index in [1.807, 2.05) is 4.68 Å². The van der Waals surface area contributed by atoms with Gasteiger partial charge in [0.15, 0.2) is 5.82 Å². The quantitative estimate of drug-likeness (QED) is 0.895. The number of rotatable bonds is 3. The van der Waals surface area contributed by atoms with Crippen molar-refractivity contribution in [3.8, 4) is 0 Å². The first kappa shape index (κ1) is 13.1. The molecule has 1 aromatic rings. The van der Waals surface area contributed by atoms with Gasteiger partial charge in [0.1, 0.15) is 5.82 Å². The second-order valence-corrected chi connectivity index (χ2v) is 5.77. The van der Waals surface area contributed by atoms with Gasteiger partial charge in [-0.2, -0.15) is 5.10 Å². The van der Waals surface area contributed by atoms with Crippen LogP contribution in [0, 0.1) is 0 Å². The summed E-state index contributed by atoms with van der Waals surface area (Å²) in [7, 11) is 0. The van der Waals surface area contributed by atoms with Crippen LogP contribution in [-0.4, -0.2) is 51.0 Å². The van der Waals surface area contributed by atoms with E-state index in [9.17, 15) is 5.11 Å². The Morgan fingerprint density at radius 2 is 2.05 bits per heavy atom. The van der Waals surface area contributed by atoms with Gasteiger partial charge in [0.05, 0.1) is 12.6 Å². The number of likely N-dealkylation sites (tertiary alicyclic amines) is 1. The summed E-state index contributed by atoms with van der Waals surface area (Å²) in [5, 5.41) is 14.1. The summed E-state index contributed by atoms with van der Waals surface area (Å²) in [5.41, 5.74) is 0. The SMILES string of the molecule is CCN1CCC(c2nc3n(n2)C(CO)CCC3)CC1. The summed E-state index contributed by atoms with van der Waals surface area (Å²) in [6, 6.07) is 0.153. The Morgan fingerprint density at radius 1 is 1.26 bits per heavy atom. The minimum atomic E-state index is 0.153. The zero-order chi connectivity index (χ0) is 13.2. The van der Waals surface area contributed by atoms with E-state index in [2.05, 4.69) is 11.8 Å². The molecule has 0 bridgehead atoms. The average Bonchev–Trinajstić information content (AvgIpc) is 2.91. The van der Waals surface area contributed by atoms with E-state index in [1.54, 1.807) is 0 Å². The minimum absolute atomic E-state index is 0.153. The molecule has 1 saturated heterocycles. The van der Waals surface area contributed by atoms with E-state index in [1.165, 1.54) is 12.8 Å². The monoisotopic (exact) mass is 264 g/mol. The number of piperidine rings is 1. The Hall–Kier alpha value is -0.940. The van der Waals surface area contributed by atoms with E-state index in [-0.39, 0.29) is 12.6 Å². The lowest BCUT2D eigenvalue weighted by atomic mass is 9.96. The molecule has 2 aliphatic rings. The molecule has 5 heteroatoms. The highest BCUT2D eigenvalue weighted by Crippen LogP contribution is 2.29. The Morgan fingerprint density at radius 3 is 2.74 bits per heavy atom. The molecule has 0 spiro atoms. The molecule has 1 fully saturated rings. The second kappa shape index (κ2) is 5.59. The number of nitrogens with zero attached hydrogens (tertiary/aromatic N) is 4. The topological polar surface area (TPSA) is 54.2 Å². The molecule has 2 aliphatic heterocycles. The Kier molecular flexibility index (Phi) is 3.84. The number of hydrogen-bond donors (Lipinski definition) is 1. The number of aromatic nitrogens is 3. The molecule has 0 saturated carbocycles. The predicted octanol–water partition coefficient (Wildman–Crippen LogP) is 1.35. The van der Waals surface area contributed by atoms with Crippen LogP contribution in [0.25, 0.3) is 0 Å². The van der Waals surface area contributed by atoms with E-state index in [4.69, 9.17) is 10.1 Å². The maximum Gasteiger partial charge on any atom is 0.154 e. The summed E-state index contributed by atoms with van der Waals surface area (Å²) in [6.45, 7) is 5.87. The predicted molar refractivity (Wildman–Crippen MR) is 73.2 cm³/mol. The standard InChI is InChI=1S/C14H24N4O/c1-2-17-8-6-11(7-9-17)14-15-13-5-3-4-12(10-19)18(13)16-14/h11-12,19H,2-10H2,1H3. The fourth-order valence-corrected chi connectivity index (χ4v) is 3.30. The van der Waals surface area contributed by atoms with Gasteiger partial charge in [-0.3, -0.25) is 0 Å². The molecule has 3 heterocycles. The lowest BCUT2D eigenvalue weighted by Crippen LogP contribution is -2.33. The highest BCUT2D eigenvalue weighted by Gasteiger charge is 2.27. The number of hydrogen-bond acceptors (Lipinski definition) is 4. The van der Waals surface area contributed by atoms with Crippen molar-refractivity contribution in [1.29, 1.82) is 0 Å². The molecule has 19 heavy (non-hydrogen) atoms. The van der Waals surface area contributed by atoms with E-state index >= 15 is 0 Å². The van der Waals surface area contributed by atoms with Crippen molar-refractivity contribution >= 4 is 0 Å². The van der Waals surface area contributed by atoms with Gasteiger partial charge in [-0.15, -0.1) is 0 Å². The van der Waals surface area contributed by atoms with Gasteiger partial charge in [0, 0.05) is 12.3 Å². The lowest BCUT2D eigenvalue weighted by molar-refractivity contribution is 0.193. The molecule has 106 valence electrons. The van der Waals surface area contributed by atoms with Crippen molar-refractivity contribution in [2.75, 3.05) is 26.2 Å². The molecule has 3 rings (SSSR count). The smallest absolute Gasteiger partial charge is 0.154 e. The molecule has 0 radical (unpaired) electrons. The van der Waals surface area contributed by atoms with Crippen molar-refractivity contribution in [2.24, 2.45) is 0 Å². The van der Waals surface area contributed by atoms with Gasteiger partial charge >= 0.3 is 0 Å². The highest BCUT2D eigenvalue weighted by atomic mass is 16.3. The van der Waals surface area contributed by atoms with Crippen molar-refractivity contribution < 1.29 is 5.11 Å². The first-order valence-electron chi connectivity index (χ1n) is 7.60. The van der Waals surface area contributed by atoms with Crippen molar-refractivity contribution in [3.63, 3.8) is 0 Å². The third-order valence-electron chi connectivity index (χ3n) is 4.61. The number of fused-ring (bicyclic) bond motifs is 1. The third-order valence-corrected chi connectivity index (χ3v) is 4.61. The first-order chi connectivity index (χ1) is 9.31. The van der Waals surface area contributed by atoms with Gasteiger partial charge in [0.25, 0.3) is 0 Å². The van der Waals surface area contributed by atoms with Crippen LogP contribution < -0.4 is 0 Å². The average molecular weight is 264 g/mol. The van der Waals surface area contributed by atoms with Crippen LogP contribution >= 0.6 is 0 Å². The number of aryl methyl sites for hydroxylation is 1. The van der Waals surface area contributed by atoms with Crippen LogP contribution in [0.5, 0.6) is 0 Å². The Balaban J connectivity index is 1.74. The molecular weight excluding hydrogens is 240 g/mol. The van der Waals surface area contributed by atoms with Crippen molar-refractivity contribution in [1.82, 2.24) is 19.7 Å². The van der Waals surface area contributed by atoms with Gasteiger partial charge in [-0.1, -0.05) is 6.92 Å². The van der Waals surface area contributed by atoms with Crippen LogP contribution in [0.1, 0.15) is 56.2 Å². The van der Waals surface area contributed by atoms with Crippen LogP contribution in [0.4, 0.5) is 0 Å². The largest absolute Gasteiger partial charge is 0.394 e. The van der Waals surface area contributed by atoms with Crippen LogP contribution in [-0.2, 0) is 6.42 Å². The normalized spacial score (nSPS) is 25.5. The van der Waals surface area contributed by atoms with E-state index in [0.29, 0.717) is 5.92 Å². The van der Waals surface area contributed by atoms with Crippen LogP contribution in [0.3, 0.4) is 0 Å². The van der Waals surface area contributed by atoms with Crippen LogP contribution in [0.2, 0.25) is 0 Å². The summed E-state index contributed by atoms with van der Waals surface area (Å²) in [5.74, 6) is 2.62. The van der Waals surface area contributed by atoms with E-state index < -0.39 is 0 Å². The second-order valence-electron chi connectivity index (χ2n) is 5.77. The summed E-state index contributed by atoms with van der Waals surface area (Å²) >= 11 is 0. The van der Waals surface area contributed by atoms with Crippen molar-refractivity contribution in [2.45, 2.75) is 51.0 Å². The molecule has 5 nitrogen and oxygen atoms in total. The molecule has 0 amide bonds. The summed E-state index contributed by atoms with van der Waals surface area (Å²) < 4.78 is 1.99. The molecular formula is C14H24N4O. The fourth-order valence-electron chi connectivity index (χ4n) is 3.30. The first-order valence-corrected chi connectivity index (χ1v) is 7.60. The fraction of sp³-hybridized carbons (Fsp3) is 0.857. The van der Waals surface area contributed by atoms with Gasteiger partial charge in [-0.25, -0.2) is 9.67 Å². The zero-order valence-corrected chi connectivity index (χ0v) is 11.8.